The van der Waals surface area contributed by atoms with Crippen molar-refractivity contribution in [3.63, 3.8) is 0 Å². The summed E-state index contributed by atoms with van der Waals surface area (Å²) in [6.45, 7) is 6.43. The highest BCUT2D eigenvalue weighted by molar-refractivity contribution is 6.19. The van der Waals surface area contributed by atoms with Gasteiger partial charge in [-0.3, -0.25) is 0 Å². The van der Waals surface area contributed by atoms with Crippen molar-refractivity contribution in [1.29, 1.82) is 10.8 Å². The molecule has 0 spiro atoms. The molecule has 0 radical (unpaired) electrons. The minimum atomic E-state index is 0.0168. The Hall–Kier alpha value is -1.18. The lowest BCUT2D eigenvalue weighted by molar-refractivity contribution is 0.417. The third-order valence-corrected chi connectivity index (χ3v) is 2.62. The van der Waals surface area contributed by atoms with Crippen LogP contribution >= 0.6 is 0 Å². The molecular formula is C12H18N2. The third-order valence-electron chi connectivity index (χ3n) is 2.62. The van der Waals surface area contributed by atoms with E-state index in [1.54, 1.807) is 12.2 Å². The summed E-state index contributed by atoms with van der Waals surface area (Å²) in [6.07, 6.45) is 7.37. The average Bonchev–Trinajstić information content (AvgIpc) is 2.09. The third kappa shape index (κ3) is 2.19. The van der Waals surface area contributed by atoms with E-state index in [2.05, 4.69) is 20.8 Å². The van der Waals surface area contributed by atoms with E-state index in [1.165, 1.54) is 0 Å². The van der Waals surface area contributed by atoms with Crippen molar-refractivity contribution in [2.75, 3.05) is 0 Å². The largest absolute Gasteiger partial charge is 0.301 e. The van der Waals surface area contributed by atoms with E-state index in [0.717, 1.165) is 18.4 Å². The topological polar surface area (TPSA) is 47.7 Å². The number of hydrogen-bond donors (Lipinski definition) is 2. The summed E-state index contributed by atoms with van der Waals surface area (Å²) in [5, 5.41) is 15.4. The van der Waals surface area contributed by atoms with Crippen molar-refractivity contribution in [3.05, 3.63) is 23.8 Å². The molecule has 0 aromatic heterocycles. The van der Waals surface area contributed by atoms with E-state index in [1.807, 2.05) is 6.08 Å². The van der Waals surface area contributed by atoms with Gasteiger partial charge in [-0.15, -0.1) is 0 Å². The second kappa shape index (κ2) is 3.91. The Morgan fingerprint density at radius 1 is 1.21 bits per heavy atom. The lowest BCUT2D eigenvalue weighted by Crippen LogP contribution is -2.22. The fourth-order valence-electron chi connectivity index (χ4n) is 1.86. The molecule has 0 unspecified atom stereocenters. The van der Waals surface area contributed by atoms with Gasteiger partial charge in [-0.1, -0.05) is 27.2 Å². The van der Waals surface area contributed by atoms with Gasteiger partial charge in [0, 0.05) is 0 Å². The molecule has 2 heteroatoms. The molecule has 2 nitrogen and oxygen atoms in total. The van der Waals surface area contributed by atoms with Crippen molar-refractivity contribution in [2.45, 2.75) is 33.6 Å². The number of allylic oxidation sites excluding steroid dienone is 4. The standard InChI is InChI=1S/C12H18N2/c1-4-7-12(2,3)10-8-9(13)5-6-11(10)14/h5-6,8,13-14H,4,7H2,1-3H3. The predicted molar refractivity (Wildman–Crippen MR) is 61.4 cm³/mol. The van der Waals surface area contributed by atoms with E-state index in [0.29, 0.717) is 11.4 Å². The Balaban J connectivity index is 2.96. The van der Waals surface area contributed by atoms with E-state index in [4.69, 9.17) is 10.8 Å². The highest BCUT2D eigenvalue weighted by Crippen LogP contribution is 2.33. The summed E-state index contributed by atoms with van der Waals surface area (Å²) in [4.78, 5) is 0. The molecule has 0 aliphatic heterocycles. The molecule has 0 saturated heterocycles. The zero-order chi connectivity index (χ0) is 10.8. The van der Waals surface area contributed by atoms with Crippen LogP contribution in [-0.2, 0) is 0 Å². The van der Waals surface area contributed by atoms with E-state index in [-0.39, 0.29) is 5.41 Å². The normalized spacial score (nSPS) is 17.2. The van der Waals surface area contributed by atoms with Gasteiger partial charge in [0.2, 0.25) is 0 Å². The van der Waals surface area contributed by atoms with Crippen molar-refractivity contribution in [1.82, 2.24) is 0 Å². The summed E-state index contributed by atoms with van der Waals surface area (Å²) in [7, 11) is 0. The number of hydrogen-bond acceptors (Lipinski definition) is 2. The van der Waals surface area contributed by atoms with Crippen LogP contribution in [0, 0.1) is 16.2 Å². The van der Waals surface area contributed by atoms with Gasteiger partial charge in [-0.2, -0.15) is 0 Å². The Labute approximate surface area is 85.7 Å². The van der Waals surface area contributed by atoms with Crippen LogP contribution in [0.2, 0.25) is 0 Å². The Morgan fingerprint density at radius 2 is 1.86 bits per heavy atom. The van der Waals surface area contributed by atoms with Gasteiger partial charge in [0.1, 0.15) is 0 Å². The van der Waals surface area contributed by atoms with Gasteiger partial charge < -0.3 is 10.8 Å². The van der Waals surface area contributed by atoms with Crippen LogP contribution in [0.15, 0.2) is 23.8 Å². The molecular weight excluding hydrogens is 172 g/mol. The maximum atomic E-state index is 7.82. The van der Waals surface area contributed by atoms with Gasteiger partial charge in [0.05, 0.1) is 11.4 Å². The molecule has 1 aliphatic rings. The molecule has 0 fully saturated rings. The Kier molecular flexibility index (Phi) is 3.04. The highest BCUT2D eigenvalue weighted by Gasteiger charge is 2.25. The molecule has 0 amide bonds. The highest BCUT2D eigenvalue weighted by atomic mass is 14.5. The average molecular weight is 190 g/mol. The SMILES string of the molecule is CCCC(C)(C)C1=CC(=N)C=CC1=N. The van der Waals surface area contributed by atoms with Crippen molar-refractivity contribution in [2.24, 2.45) is 5.41 Å². The lowest BCUT2D eigenvalue weighted by Gasteiger charge is -2.28. The minimum absolute atomic E-state index is 0.0168. The summed E-state index contributed by atoms with van der Waals surface area (Å²) in [5.74, 6) is 0. The number of rotatable bonds is 3. The second-order valence-electron chi connectivity index (χ2n) is 4.39. The molecule has 76 valence electrons. The maximum Gasteiger partial charge on any atom is 0.0578 e. The maximum absolute atomic E-state index is 7.82. The second-order valence-corrected chi connectivity index (χ2v) is 4.39. The molecule has 14 heavy (non-hydrogen) atoms. The van der Waals surface area contributed by atoms with Gasteiger partial charge in [-0.25, -0.2) is 0 Å². The Bertz CT molecular complexity index is 319. The molecule has 0 bridgehead atoms. The molecule has 0 aromatic carbocycles. The van der Waals surface area contributed by atoms with E-state index < -0.39 is 0 Å². The lowest BCUT2D eigenvalue weighted by atomic mass is 9.76. The summed E-state index contributed by atoms with van der Waals surface area (Å²) in [5.41, 5.74) is 2.06. The smallest absolute Gasteiger partial charge is 0.0578 e. The first-order chi connectivity index (χ1) is 6.47. The molecule has 1 rings (SSSR count). The molecule has 0 saturated carbocycles. The quantitative estimate of drug-likeness (QED) is 0.641. The molecule has 0 heterocycles. The van der Waals surface area contributed by atoms with Gasteiger partial charge in [0.15, 0.2) is 0 Å². The van der Waals surface area contributed by atoms with Crippen molar-refractivity contribution in [3.8, 4) is 0 Å². The first-order valence-corrected chi connectivity index (χ1v) is 5.05. The van der Waals surface area contributed by atoms with Crippen LogP contribution in [0.3, 0.4) is 0 Å². The number of nitrogens with one attached hydrogen (secondary N) is 2. The Morgan fingerprint density at radius 3 is 2.43 bits per heavy atom. The van der Waals surface area contributed by atoms with Crippen molar-refractivity contribution < 1.29 is 0 Å². The molecule has 1 aliphatic carbocycles. The monoisotopic (exact) mass is 190 g/mol. The van der Waals surface area contributed by atoms with Crippen LogP contribution < -0.4 is 0 Å². The molecule has 0 atom stereocenters. The summed E-state index contributed by atoms with van der Waals surface area (Å²) >= 11 is 0. The van der Waals surface area contributed by atoms with Crippen LogP contribution in [0.5, 0.6) is 0 Å². The first kappa shape index (κ1) is 10.9. The van der Waals surface area contributed by atoms with E-state index in [9.17, 15) is 0 Å². The first-order valence-electron chi connectivity index (χ1n) is 5.05. The van der Waals surface area contributed by atoms with Crippen LogP contribution in [-0.4, -0.2) is 11.4 Å². The van der Waals surface area contributed by atoms with Crippen LogP contribution in [0.25, 0.3) is 0 Å². The molecule has 0 aromatic rings. The summed E-state index contributed by atoms with van der Waals surface area (Å²) in [6, 6.07) is 0. The van der Waals surface area contributed by atoms with Crippen LogP contribution in [0.4, 0.5) is 0 Å². The van der Waals surface area contributed by atoms with Crippen LogP contribution in [0.1, 0.15) is 33.6 Å². The van der Waals surface area contributed by atoms with Crippen molar-refractivity contribution >= 4 is 11.4 Å². The summed E-state index contributed by atoms with van der Waals surface area (Å²) < 4.78 is 0. The molecule has 2 N–H and O–H groups in total. The van der Waals surface area contributed by atoms with Gasteiger partial charge >= 0.3 is 0 Å². The predicted octanol–water partition coefficient (Wildman–Crippen LogP) is 3.35. The van der Waals surface area contributed by atoms with Gasteiger partial charge in [-0.05, 0) is 35.6 Å². The van der Waals surface area contributed by atoms with Gasteiger partial charge in [0.25, 0.3) is 0 Å². The zero-order valence-corrected chi connectivity index (χ0v) is 9.15. The zero-order valence-electron chi connectivity index (χ0n) is 9.15. The fraction of sp³-hybridized carbons (Fsp3) is 0.500. The fourth-order valence-corrected chi connectivity index (χ4v) is 1.86. The minimum Gasteiger partial charge on any atom is -0.301 e. The van der Waals surface area contributed by atoms with E-state index >= 15 is 0 Å².